The lowest BCUT2D eigenvalue weighted by Crippen LogP contribution is -2.62. The molecule has 24 heavy (non-hydrogen) atoms. The van der Waals surface area contributed by atoms with E-state index in [0.717, 1.165) is 6.42 Å². The van der Waals surface area contributed by atoms with Crippen molar-refractivity contribution in [2.24, 2.45) is 5.41 Å². The van der Waals surface area contributed by atoms with Crippen LogP contribution >= 0.6 is 0 Å². The maximum absolute atomic E-state index is 12.8. The van der Waals surface area contributed by atoms with E-state index < -0.39 is 11.5 Å². The number of aliphatic hydroxyl groups is 1. The zero-order valence-corrected chi connectivity index (χ0v) is 13.8. The van der Waals surface area contributed by atoms with Gasteiger partial charge in [-0.1, -0.05) is 0 Å². The van der Waals surface area contributed by atoms with Crippen molar-refractivity contribution in [3.05, 3.63) is 34.2 Å². The Balaban J connectivity index is 1.84. The summed E-state index contributed by atoms with van der Waals surface area (Å²) < 4.78 is 1.52. The number of carbonyl (C=O) groups is 2. The maximum atomic E-state index is 12.8. The van der Waals surface area contributed by atoms with E-state index in [1.165, 1.54) is 10.6 Å². The van der Waals surface area contributed by atoms with E-state index in [1.807, 2.05) is 6.92 Å². The topological polar surface area (TPSA) is 91.6 Å². The number of likely N-dealkylation sites (tertiary alicyclic amines) is 1. The van der Waals surface area contributed by atoms with Gasteiger partial charge >= 0.3 is 0 Å². The summed E-state index contributed by atoms with van der Waals surface area (Å²) in [6, 6.07) is 2.97. The largest absolute Gasteiger partial charge is 0.392 e. The van der Waals surface area contributed by atoms with Crippen LogP contribution in [0.15, 0.2) is 23.1 Å². The van der Waals surface area contributed by atoms with Crippen LogP contribution in [-0.4, -0.2) is 52.1 Å². The Labute approximate surface area is 140 Å². The van der Waals surface area contributed by atoms with E-state index in [9.17, 15) is 19.5 Å². The van der Waals surface area contributed by atoms with Gasteiger partial charge in [-0.3, -0.25) is 14.4 Å². The highest BCUT2D eigenvalue weighted by molar-refractivity contribution is 5.95. The zero-order chi connectivity index (χ0) is 17.3. The van der Waals surface area contributed by atoms with E-state index in [-0.39, 0.29) is 23.9 Å². The van der Waals surface area contributed by atoms with Crippen molar-refractivity contribution in [3.63, 3.8) is 0 Å². The van der Waals surface area contributed by atoms with Crippen LogP contribution in [0.25, 0.3) is 0 Å². The second kappa shape index (κ2) is 6.39. The molecule has 2 amide bonds. The summed E-state index contributed by atoms with van der Waals surface area (Å²) in [4.78, 5) is 38.6. The molecule has 3 heterocycles. The molecular weight excluding hydrogens is 310 g/mol. The van der Waals surface area contributed by atoms with E-state index in [2.05, 4.69) is 5.32 Å². The molecule has 3 rings (SSSR count). The van der Waals surface area contributed by atoms with E-state index in [0.29, 0.717) is 38.0 Å². The van der Waals surface area contributed by atoms with Gasteiger partial charge in [-0.15, -0.1) is 0 Å². The highest BCUT2D eigenvalue weighted by Gasteiger charge is 2.50. The molecule has 2 aliphatic rings. The van der Waals surface area contributed by atoms with Crippen LogP contribution in [-0.2, 0) is 11.3 Å². The minimum absolute atomic E-state index is 0.180. The summed E-state index contributed by atoms with van der Waals surface area (Å²) in [5, 5.41) is 13.2. The Morgan fingerprint density at radius 3 is 2.92 bits per heavy atom. The first-order chi connectivity index (χ1) is 11.5. The van der Waals surface area contributed by atoms with Gasteiger partial charge in [0.25, 0.3) is 11.5 Å². The lowest BCUT2D eigenvalue weighted by Gasteiger charge is -2.46. The predicted molar refractivity (Wildman–Crippen MR) is 87.6 cm³/mol. The fourth-order valence-electron chi connectivity index (χ4n) is 3.70. The van der Waals surface area contributed by atoms with E-state index in [1.54, 1.807) is 17.2 Å². The van der Waals surface area contributed by atoms with Crippen LogP contribution in [0.1, 0.15) is 36.5 Å². The third kappa shape index (κ3) is 2.73. The molecule has 2 saturated heterocycles. The van der Waals surface area contributed by atoms with Gasteiger partial charge in [0.1, 0.15) is 0 Å². The van der Waals surface area contributed by atoms with Crippen LogP contribution in [0.2, 0.25) is 0 Å². The number of hydrogen-bond donors (Lipinski definition) is 2. The Bertz CT molecular complexity index is 714. The molecule has 0 radical (unpaired) electrons. The first-order valence-electron chi connectivity index (χ1n) is 8.44. The Morgan fingerprint density at radius 1 is 1.46 bits per heavy atom. The SMILES string of the molecule is CCn1ccc(C(=O)N2CC[C@@H](O)[C@@]3(CCCNC3=O)C2)cc1=O. The maximum Gasteiger partial charge on any atom is 0.254 e. The second-order valence-electron chi connectivity index (χ2n) is 6.59. The second-order valence-corrected chi connectivity index (χ2v) is 6.59. The molecule has 0 bridgehead atoms. The molecule has 1 spiro atoms. The third-order valence-corrected chi connectivity index (χ3v) is 5.19. The van der Waals surface area contributed by atoms with Crippen molar-refractivity contribution in [2.45, 2.75) is 38.8 Å². The van der Waals surface area contributed by atoms with Crippen molar-refractivity contribution in [1.82, 2.24) is 14.8 Å². The minimum atomic E-state index is -0.926. The van der Waals surface area contributed by atoms with Gasteiger partial charge in [-0.05, 0) is 32.3 Å². The molecule has 0 aromatic carbocycles. The van der Waals surface area contributed by atoms with Gasteiger partial charge < -0.3 is 19.9 Å². The van der Waals surface area contributed by atoms with Gasteiger partial charge in [0.15, 0.2) is 0 Å². The number of aliphatic hydroxyl groups excluding tert-OH is 1. The number of rotatable bonds is 2. The Kier molecular flexibility index (Phi) is 4.45. The Morgan fingerprint density at radius 2 is 2.25 bits per heavy atom. The standard InChI is InChI=1S/C17H23N3O4/c1-2-19-8-4-12(10-14(19)22)15(23)20-9-5-13(21)17(11-20)6-3-7-18-16(17)24/h4,8,10,13,21H,2-3,5-7,9,11H2,1H3,(H,18,24)/t13-,17-/m1/s1. The van der Waals surface area contributed by atoms with Crippen LogP contribution in [0, 0.1) is 5.41 Å². The molecule has 0 aliphatic carbocycles. The average molecular weight is 333 g/mol. The number of aryl methyl sites for hydroxylation is 1. The number of amides is 2. The molecule has 2 fully saturated rings. The van der Waals surface area contributed by atoms with Gasteiger partial charge in [0.2, 0.25) is 5.91 Å². The number of pyridine rings is 1. The summed E-state index contributed by atoms with van der Waals surface area (Å²) in [6.45, 7) is 3.59. The van der Waals surface area contributed by atoms with Crippen molar-refractivity contribution in [2.75, 3.05) is 19.6 Å². The van der Waals surface area contributed by atoms with Crippen molar-refractivity contribution < 1.29 is 14.7 Å². The van der Waals surface area contributed by atoms with Gasteiger partial charge in [-0.2, -0.15) is 0 Å². The fourth-order valence-corrected chi connectivity index (χ4v) is 3.70. The first-order valence-corrected chi connectivity index (χ1v) is 8.44. The molecule has 130 valence electrons. The molecule has 0 unspecified atom stereocenters. The molecule has 0 saturated carbocycles. The minimum Gasteiger partial charge on any atom is -0.392 e. The van der Waals surface area contributed by atoms with E-state index >= 15 is 0 Å². The van der Waals surface area contributed by atoms with Crippen molar-refractivity contribution >= 4 is 11.8 Å². The number of nitrogens with one attached hydrogen (secondary N) is 1. The zero-order valence-electron chi connectivity index (χ0n) is 13.8. The summed E-state index contributed by atoms with van der Waals surface area (Å²) in [7, 11) is 0. The molecular formula is C17H23N3O4. The first kappa shape index (κ1) is 16.7. The van der Waals surface area contributed by atoms with Gasteiger partial charge in [-0.25, -0.2) is 0 Å². The molecule has 2 N–H and O–H groups in total. The normalized spacial score (nSPS) is 27.2. The van der Waals surface area contributed by atoms with Crippen molar-refractivity contribution in [3.8, 4) is 0 Å². The number of piperidine rings is 2. The van der Waals surface area contributed by atoms with Crippen molar-refractivity contribution in [1.29, 1.82) is 0 Å². The molecule has 1 aromatic rings. The molecule has 7 nitrogen and oxygen atoms in total. The Hall–Kier alpha value is -2.15. The molecule has 2 atom stereocenters. The number of aromatic nitrogens is 1. The van der Waals surface area contributed by atoms with Gasteiger partial charge in [0, 0.05) is 44.0 Å². The summed E-state index contributed by atoms with van der Waals surface area (Å²) >= 11 is 0. The average Bonchev–Trinajstić information content (AvgIpc) is 2.59. The quantitative estimate of drug-likeness (QED) is 0.795. The molecule has 1 aromatic heterocycles. The lowest BCUT2D eigenvalue weighted by atomic mass is 9.71. The summed E-state index contributed by atoms with van der Waals surface area (Å²) in [5.74, 6) is -0.444. The number of carbonyl (C=O) groups excluding carboxylic acids is 2. The highest BCUT2D eigenvalue weighted by Crippen LogP contribution is 2.37. The highest BCUT2D eigenvalue weighted by atomic mass is 16.3. The fraction of sp³-hybridized carbons (Fsp3) is 0.588. The van der Waals surface area contributed by atoms with Crippen LogP contribution in [0.5, 0.6) is 0 Å². The monoisotopic (exact) mass is 333 g/mol. The lowest BCUT2D eigenvalue weighted by molar-refractivity contribution is -0.147. The smallest absolute Gasteiger partial charge is 0.254 e. The number of nitrogens with zero attached hydrogens (tertiary/aromatic N) is 2. The predicted octanol–water partition coefficient (Wildman–Crippen LogP) is -0.0286. The van der Waals surface area contributed by atoms with Gasteiger partial charge in [0.05, 0.1) is 11.5 Å². The van der Waals surface area contributed by atoms with Crippen LogP contribution in [0.3, 0.4) is 0 Å². The van der Waals surface area contributed by atoms with Crippen LogP contribution < -0.4 is 10.9 Å². The third-order valence-electron chi connectivity index (χ3n) is 5.19. The van der Waals surface area contributed by atoms with E-state index in [4.69, 9.17) is 0 Å². The molecule has 2 aliphatic heterocycles. The number of hydrogen-bond acceptors (Lipinski definition) is 4. The summed E-state index contributed by atoms with van der Waals surface area (Å²) in [6.07, 6.45) is 2.59. The molecule has 7 heteroatoms. The summed E-state index contributed by atoms with van der Waals surface area (Å²) in [5.41, 5.74) is -0.817. The van der Waals surface area contributed by atoms with Crippen LogP contribution in [0.4, 0.5) is 0 Å².